The van der Waals surface area contributed by atoms with E-state index in [1.165, 1.54) is 16.9 Å². The maximum atomic E-state index is 12.3. The van der Waals surface area contributed by atoms with Gasteiger partial charge >= 0.3 is 6.03 Å². The monoisotopic (exact) mass is 418 g/mol. The van der Waals surface area contributed by atoms with Crippen molar-refractivity contribution in [1.82, 2.24) is 15.1 Å². The first-order valence-corrected chi connectivity index (χ1v) is 10.7. The van der Waals surface area contributed by atoms with Crippen LogP contribution in [0.3, 0.4) is 0 Å². The van der Waals surface area contributed by atoms with Crippen LogP contribution in [0.5, 0.6) is 0 Å². The molecule has 1 aromatic heterocycles. The topological polar surface area (TPSA) is 93.1 Å². The molecule has 2 aromatic carbocycles. The minimum atomic E-state index is -3.42. The number of hydrogen-bond acceptors (Lipinski definition) is 4. The van der Waals surface area contributed by atoms with E-state index in [1.54, 1.807) is 36.5 Å². The van der Waals surface area contributed by atoms with E-state index < -0.39 is 15.9 Å². The van der Waals surface area contributed by atoms with Gasteiger partial charge in [0.1, 0.15) is 0 Å². The number of sulfone groups is 1. The van der Waals surface area contributed by atoms with Gasteiger partial charge in [-0.25, -0.2) is 17.9 Å². The molecule has 28 heavy (non-hydrogen) atoms. The van der Waals surface area contributed by atoms with Gasteiger partial charge in [0.05, 0.1) is 34.7 Å². The second-order valence-corrected chi connectivity index (χ2v) is 8.71. The Kier molecular flexibility index (Phi) is 5.71. The third kappa shape index (κ3) is 4.71. The smallest absolute Gasteiger partial charge is 0.319 e. The Hall–Kier alpha value is -2.84. The van der Waals surface area contributed by atoms with Gasteiger partial charge in [-0.3, -0.25) is 0 Å². The van der Waals surface area contributed by atoms with Crippen molar-refractivity contribution in [1.29, 1.82) is 0 Å². The third-order valence-electron chi connectivity index (χ3n) is 4.05. The van der Waals surface area contributed by atoms with E-state index >= 15 is 0 Å². The Bertz CT molecular complexity index is 1110. The molecule has 0 bridgehead atoms. The molecular weight excluding hydrogens is 400 g/mol. The van der Waals surface area contributed by atoms with Gasteiger partial charge in [0, 0.05) is 11.3 Å². The molecule has 1 heterocycles. The quantitative estimate of drug-likeness (QED) is 0.658. The first-order valence-electron chi connectivity index (χ1n) is 8.41. The molecule has 0 aliphatic carbocycles. The Labute approximate surface area is 168 Å². The number of carbonyl (C=O) groups excluding carboxylic acids is 1. The number of hydrogen-bond donors (Lipinski definition) is 2. The molecule has 0 radical (unpaired) electrons. The van der Waals surface area contributed by atoms with Gasteiger partial charge < -0.3 is 10.6 Å². The lowest BCUT2D eigenvalue weighted by Gasteiger charge is -2.14. The highest BCUT2D eigenvalue weighted by Crippen LogP contribution is 2.21. The van der Waals surface area contributed by atoms with Gasteiger partial charge in [-0.05, 0) is 36.8 Å². The maximum absolute atomic E-state index is 12.3. The fourth-order valence-corrected chi connectivity index (χ4v) is 3.77. The number of anilines is 1. The van der Waals surface area contributed by atoms with Gasteiger partial charge in [0.15, 0.2) is 9.84 Å². The van der Waals surface area contributed by atoms with Crippen LogP contribution in [0.2, 0.25) is 5.02 Å². The summed E-state index contributed by atoms with van der Waals surface area (Å²) in [7, 11) is -3.42. The molecule has 3 aromatic rings. The van der Waals surface area contributed by atoms with Crippen molar-refractivity contribution in [2.24, 2.45) is 0 Å². The van der Waals surface area contributed by atoms with Crippen molar-refractivity contribution in [3.05, 3.63) is 71.5 Å². The second-order valence-electron chi connectivity index (χ2n) is 6.29. The third-order valence-corrected chi connectivity index (χ3v) is 5.43. The van der Waals surface area contributed by atoms with Crippen molar-refractivity contribution in [3.8, 4) is 5.69 Å². The molecule has 9 heteroatoms. The van der Waals surface area contributed by atoms with E-state index in [-0.39, 0.29) is 10.9 Å². The average molecular weight is 419 g/mol. The average Bonchev–Trinajstić information content (AvgIpc) is 3.09. The Balaban J connectivity index is 1.72. The van der Waals surface area contributed by atoms with Crippen LogP contribution >= 0.6 is 11.6 Å². The van der Waals surface area contributed by atoms with E-state index in [0.717, 1.165) is 11.8 Å². The van der Waals surface area contributed by atoms with Gasteiger partial charge in [0.25, 0.3) is 0 Å². The molecule has 7 nitrogen and oxygen atoms in total. The van der Waals surface area contributed by atoms with E-state index in [0.29, 0.717) is 16.4 Å². The van der Waals surface area contributed by atoms with E-state index in [1.807, 2.05) is 19.1 Å². The SMILES string of the molecule is CC(NC(=O)Nc1cnn(-c2ccccc2S(C)(=O)=O)c1)c1cccc(Cl)c1. The zero-order chi connectivity index (χ0) is 20.3. The van der Waals surface area contributed by atoms with Crippen molar-refractivity contribution < 1.29 is 13.2 Å². The minimum absolute atomic E-state index is 0.156. The fraction of sp³-hybridized carbons (Fsp3) is 0.158. The lowest BCUT2D eigenvalue weighted by atomic mass is 10.1. The number of benzene rings is 2. The first kappa shape index (κ1) is 19.9. The second kappa shape index (κ2) is 8.04. The molecule has 0 saturated heterocycles. The van der Waals surface area contributed by atoms with E-state index in [4.69, 9.17) is 11.6 Å². The molecule has 0 saturated carbocycles. The van der Waals surface area contributed by atoms with Crippen LogP contribution in [0, 0.1) is 0 Å². The number of aromatic nitrogens is 2. The number of halogens is 1. The van der Waals surface area contributed by atoms with Crippen LogP contribution in [-0.4, -0.2) is 30.5 Å². The largest absolute Gasteiger partial charge is 0.331 e. The highest BCUT2D eigenvalue weighted by atomic mass is 35.5. The zero-order valence-electron chi connectivity index (χ0n) is 15.3. The van der Waals surface area contributed by atoms with Gasteiger partial charge in [-0.1, -0.05) is 35.9 Å². The summed E-state index contributed by atoms with van der Waals surface area (Å²) in [6.45, 7) is 1.84. The van der Waals surface area contributed by atoms with Crippen LogP contribution in [0.4, 0.5) is 10.5 Å². The Morgan fingerprint density at radius 3 is 2.64 bits per heavy atom. The predicted molar refractivity (Wildman–Crippen MR) is 109 cm³/mol. The van der Waals surface area contributed by atoms with Crippen LogP contribution in [0.25, 0.3) is 5.69 Å². The van der Waals surface area contributed by atoms with Gasteiger partial charge in [-0.15, -0.1) is 0 Å². The number of nitrogens with zero attached hydrogens (tertiary/aromatic N) is 2. The normalized spacial score (nSPS) is 12.4. The number of amides is 2. The Morgan fingerprint density at radius 2 is 1.93 bits per heavy atom. The molecule has 0 aliphatic rings. The Morgan fingerprint density at radius 1 is 1.18 bits per heavy atom. The first-order chi connectivity index (χ1) is 13.2. The summed E-state index contributed by atoms with van der Waals surface area (Å²) in [5.41, 5.74) is 1.71. The van der Waals surface area contributed by atoms with Crippen LogP contribution in [0.1, 0.15) is 18.5 Å². The summed E-state index contributed by atoms with van der Waals surface area (Å²) >= 11 is 5.98. The molecule has 1 unspecified atom stereocenters. The number of carbonyl (C=O) groups is 1. The lowest BCUT2D eigenvalue weighted by molar-refractivity contribution is 0.249. The summed E-state index contributed by atoms with van der Waals surface area (Å²) in [4.78, 5) is 12.4. The molecule has 2 amide bonds. The highest BCUT2D eigenvalue weighted by molar-refractivity contribution is 7.90. The van der Waals surface area contributed by atoms with Crippen molar-refractivity contribution in [2.75, 3.05) is 11.6 Å². The molecule has 2 N–H and O–H groups in total. The van der Waals surface area contributed by atoms with Crippen molar-refractivity contribution in [3.63, 3.8) is 0 Å². The molecule has 0 fully saturated rings. The maximum Gasteiger partial charge on any atom is 0.319 e. The van der Waals surface area contributed by atoms with Crippen LogP contribution in [-0.2, 0) is 9.84 Å². The summed E-state index contributed by atoms with van der Waals surface area (Å²) in [6.07, 6.45) is 4.13. The van der Waals surface area contributed by atoms with Crippen molar-refractivity contribution >= 4 is 33.2 Å². The molecule has 3 rings (SSSR count). The van der Waals surface area contributed by atoms with E-state index in [9.17, 15) is 13.2 Å². The molecular formula is C19H19ClN4O3S. The number of nitrogens with one attached hydrogen (secondary N) is 2. The minimum Gasteiger partial charge on any atom is -0.331 e. The van der Waals surface area contributed by atoms with Gasteiger partial charge in [-0.2, -0.15) is 5.10 Å². The molecule has 1 atom stereocenters. The standard InChI is InChI=1S/C19H19ClN4O3S/c1-13(14-6-5-7-15(20)10-14)22-19(25)23-16-11-21-24(12-16)17-8-3-4-9-18(17)28(2,26)27/h3-13H,1-2H3,(H2,22,23,25). The lowest BCUT2D eigenvalue weighted by Crippen LogP contribution is -2.31. The van der Waals surface area contributed by atoms with Gasteiger partial charge in [0.2, 0.25) is 0 Å². The molecule has 0 spiro atoms. The number of para-hydroxylation sites is 1. The summed E-state index contributed by atoms with van der Waals surface area (Å²) < 4.78 is 25.3. The fourth-order valence-electron chi connectivity index (χ4n) is 2.70. The van der Waals surface area contributed by atoms with Crippen LogP contribution in [0.15, 0.2) is 65.8 Å². The highest BCUT2D eigenvalue weighted by Gasteiger charge is 2.16. The predicted octanol–water partition coefficient (Wildman–Crippen LogP) is 3.81. The number of rotatable bonds is 5. The summed E-state index contributed by atoms with van der Waals surface area (Å²) in [5, 5.41) is 10.3. The summed E-state index contributed by atoms with van der Waals surface area (Å²) in [6, 6.07) is 13.1. The summed E-state index contributed by atoms with van der Waals surface area (Å²) in [5.74, 6) is 0. The molecule has 0 aliphatic heterocycles. The van der Waals surface area contributed by atoms with Crippen LogP contribution < -0.4 is 10.6 Å². The zero-order valence-corrected chi connectivity index (χ0v) is 16.8. The van der Waals surface area contributed by atoms with Crippen molar-refractivity contribution in [2.45, 2.75) is 17.9 Å². The molecule has 146 valence electrons. The number of urea groups is 1. The van der Waals surface area contributed by atoms with E-state index in [2.05, 4.69) is 15.7 Å².